The normalized spacial score (nSPS) is 11.5. The first-order valence-corrected chi connectivity index (χ1v) is 14.5. The van der Waals surface area contributed by atoms with E-state index in [0.29, 0.717) is 5.82 Å². The van der Waals surface area contributed by atoms with Crippen molar-refractivity contribution in [1.29, 1.82) is 0 Å². The first-order chi connectivity index (χ1) is 21.1. The van der Waals surface area contributed by atoms with Gasteiger partial charge in [-0.3, -0.25) is 0 Å². The molecule has 43 heavy (non-hydrogen) atoms. The summed E-state index contributed by atoms with van der Waals surface area (Å²) in [6, 6.07) is 46.1. The average molecular weight is 555 g/mol. The van der Waals surface area contributed by atoms with Crippen LogP contribution in [-0.2, 0) is 7.05 Å². The summed E-state index contributed by atoms with van der Waals surface area (Å²) in [6.45, 7) is 2.15. The first-order valence-electron chi connectivity index (χ1n) is 14.5. The van der Waals surface area contributed by atoms with E-state index in [1.807, 2.05) is 36.4 Å². The van der Waals surface area contributed by atoms with Gasteiger partial charge in [0.2, 0.25) is 11.2 Å². The Kier molecular flexibility index (Phi) is 5.86. The summed E-state index contributed by atoms with van der Waals surface area (Å²) in [6.07, 6.45) is 0. The second-order valence-corrected chi connectivity index (χ2v) is 11.0. The summed E-state index contributed by atoms with van der Waals surface area (Å²) in [5, 5.41) is 3.37. The Morgan fingerprint density at radius 1 is 0.581 bits per heavy atom. The Balaban J connectivity index is 1.32. The maximum Gasteiger partial charge on any atom is 0.216 e. The van der Waals surface area contributed by atoms with Crippen molar-refractivity contribution in [2.75, 3.05) is 0 Å². The Bertz CT molecular complexity index is 2250. The SMILES string of the molecule is Cc1ccc2c(oc3ccc(-c4cc(-c5ccccc5)nc(-c5ccccc5)n4)cc32)c1-c1ccc2ccccc2[n+]1C. The molecule has 0 unspecified atom stereocenters. The summed E-state index contributed by atoms with van der Waals surface area (Å²) in [5.41, 5.74) is 11.2. The van der Waals surface area contributed by atoms with Crippen LogP contribution in [0.15, 0.2) is 138 Å². The molecule has 8 rings (SSSR count). The van der Waals surface area contributed by atoms with Gasteiger partial charge in [0.05, 0.1) is 17.0 Å². The number of aryl methyl sites for hydroxylation is 2. The van der Waals surface area contributed by atoms with Gasteiger partial charge in [-0.05, 0) is 48.9 Å². The number of para-hydroxylation sites is 1. The zero-order chi connectivity index (χ0) is 28.9. The van der Waals surface area contributed by atoms with Gasteiger partial charge in [-0.15, -0.1) is 0 Å². The number of aromatic nitrogens is 3. The number of rotatable bonds is 4. The third-order valence-corrected chi connectivity index (χ3v) is 8.31. The topological polar surface area (TPSA) is 42.8 Å². The van der Waals surface area contributed by atoms with Gasteiger partial charge in [-0.25, -0.2) is 9.97 Å². The Labute approximate surface area is 249 Å². The summed E-state index contributed by atoms with van der Waals surface area (Å²) in [5.74, 6) is 0.704. The van der Waals surface area contributed by atoms with E-state index in [-0.39, 0.29) is 0 Å². The highest BCUT2D eigenvalue weighted by atomic mass is 16.3. The maximum absolute atomic E-state index is 6.62. The second-order valence-electron chi connectivity index (χ2n) is 11.0. The van der Waals surface area contributed by atoms with Crippen LogP contribution in [0, 0.1) is 6.92 Å². The van der Waals surface area contributed by atoms with Crippen LogP contribution in [0.2, 0.25) is 0 Å². The summed E-state index contributed by atoms with van der Waals surface area (Å²) in [7, 11) is 2.13. The number of hydrogen-bond acceptors (Lipinski definition) is 3. The molecule has 0 amide bonds. The number of pyridine rings is 1. The zero-order valence-electron chi connectivity index (χ0n) is 24.0. The minimum Gasteiger partial charge on any atom is -0.455 e. The van der Waals surface area contributed by atoms with Gasteiger partial charge in [-0.1, -0.05) is 84.9 Å². The maximum atomic E-state index is 6.62. The van der Waals surface area contributed by atoms with E-state index in [4.69, 9.17) is 14.4 Å². The lowest BCUT2D eigenvalue weighted by Gasteiger charge is -2.09. The van der Waals surface area contributed by atoms with Crippen molar-refractivity contribution >= 4 is 32.8 Å². The molecule has 3 aromatic heterocycles. The Hall–Kier alpha value is -5.61. The molecule has 8 aromatic rings. The summed E-state index contributed by atoms with van der Waals surface area (Å²) in [4.78, 5) is 10.00. The van der Waals surface area contributed by atoms with Gasteiger partial charge in [0, 0.05) is 45.0 Å². The van der Waals surface area contributed by atoms with Crippen molar-refractivity contribution in [2.24, 2.45) is 7.05 Å². The van der Waals surface area contributed by atoms with Gasteiger partial charge < -0.3 is 4.42 Å². The van der Waals surface area contributed by atoms with Crippen LogP contribution in [0.25, 0.3) is 78.0 Å². The molecule has 0 aliphatic carbocycles. The molecule has 4 nitrogen and oxygen atoms in total. The lowest BCUT2D eigenvalue weighted by atomic mass is 9.99. The van der Waals surface area contributed by atoms with E-state index >= 15 is 0 Å². The van der Waals surface area contributed by atoms with E-state index in [0.717, 1.165) is 61.3 Å². The molecule has 0 fully saturated rings. The molecule has 4 heteroatoms. The number of furan rings is 1. The van der Waals surface area contributed by atoms with E-state index in [1.165, 1.54) is 16.5 Å². The van der Waals surface area contributed by atoms with Crippen molar-refractivity contribution in [3.63, 3.8) is 0 Å². The molecule has 5 aromatic carbocycles. The predicted molar refractivity (Wildman–Crippen MR) is 174 cm³/mol. The largest absolute Gasteiger partial charge is 0.455 e. The van der Waals surface area contributed by atoms with Crippen LogP contribution in [0.1, 0.15) is 5.56 Å². The third-order valence-electron chi connectivity index (χ3n) is 8.31. The summed E-state index contributed by atoms with van der Waals surface area (Å²) >= 11 is 0. The van der Waals surface area contributed by atoms with E-state index in [9.17, 15) is 0 Å². The van der Waals surface area contributed by atoms with Crippen molar-refractivity contribution in [3.05, 3.63) is 139 Å². The fourth-order valence-corrected chi connectivity index (χ4v) is 6.08. The molecule has 204 valence electrons. The van der Waals surface area contributed by atoms with Crippen molar-refractivity contribution in [2.45, 2.75) is 6.92 Å². The fourth-order valence-electron chi connectivity index (χ4n) is 6.08. The number of hydrogen-bond donors (Lipinski definition) is 0. The number of fused-ring (bicyclic) bond motifs is 4. The lowest BCUT2D eigenvalue weighted by Crippen LogP contribution is -2.32. The molecule has 0 saturated carbocycles. The highest BCUT2D eigenvalue weighted by Gasteiger charge is 2.22. The zero-order valence-corrected chi connectivity index (χ0v) is 24.0. The van der Waals surface area contributed by atoms with Crippen molar-refractivity contribution in [3.8, 4) is 45.2 Å². The van der Waals surface area contributed by atoms with Crippen LogP contribution >= 0.6 is 0 Å². The highest BCUT2D eigenvalue weighted by molar-refractivity contribution is 6.10. The highest BCUT2D eigenvalue weighted by Crippen LogP contribution is 2.39. The fraction of sp³-hybridized carbons (Fsp3) is 0.0513. The molecule has 0 aliphatic rings. The number of nitrogens with zero attached hydrogens (tertiary/aromatic N) is 3. The van der Waals surface area contributed by atoms with Crippen molar-refractivity contribution in [1.82, 2.24) is 9.97 Å². The van der Waals surface area contributed by atoms with Crippen LogP contribution in [0.5, 0.6) is 0 Å². The Morgan fingerprint density at radius 2 is 1.28 bits per heavy atom. The molecule has 0 saturated heterocycles. The standard InChI is InChI=1S/C39H28N3O/c1-25-17-20-30-31-23-29(33-24-32(26-11-5-3-6-12-26)40-39(41-33)28-14-7-4-8-15-28)19-22-36(31)43-38(30)37(25)35-21-18-27-13-9-10-16-34(27)42(35)2/h3-24H,1-2H3/q+1. The molecule has 0 N–H and O–H groups in total. The van der Waals surface area contributed by atoms with Crippen LogP contribution in [0.4, 0.5) is 0 Å². The molecule has 0 radical (unpaired) electrons. The molecule has 0 bridgehead atoms. The molecule has 3 heterocycles. The second kappa shape index (κ2) is 10.0. The van der Waals surface area contributed by atoms with Crippen LogP contribution in [-0.4, -0.2) is 9.97 Å². The van der Waals surface area contributed by atoms with Crippen molar-refractivity contribution < 1.29 is 8.98 Å². The van der Waals surface area contributed by atoms with E-state index < -0.39 is 0 Å². The van der Waals surface area contributed by atoms with Gasteiger partial charge in [0.1, 0.15) is 18.2 Å². The molecular formula is C39H28N3O+. The monoisotopic (exact) mass is 554 g/mol. The summed E-state index contributed by atoms with van der Waals surface area (Å²) < 4.78 is 8.87. The predicted octanol–water partition coefficient (Wildman–Crippen LogP) is 9.33. The van der Waals surface area contributed by atoms with Gasteiger partial charge in [0.15, 0.2) is 5.82 Å². The van der Waals surface area contributed by atoms with E-state index in [1.54, 1.807) is 0 Å². The average Bonchev–Trinajstić information content (AvgIpc) is 3.44. The molecule has 0 aliphatic heterocycles. The van der Waals surface area contributed by atoms with Gasteiger partial charge in [0.25, 0.3) is 0 Å². The minimum absolute atomic E-state index is 0.704. The quantitative estimate of drug-likeness (QED) is 0.204. The smallest absolute Gasteiger partial charge is 0.216 e. The first kappa shape index (κ1) is 25.1. The van der Waals surface area contributed by atoms with Crippen LogP contribution < -0.4 is 4.57 Å². The third kappa shape index (κ3) is 4.27. The molecule has 0 atom stereocenters. The van der Waals surface area contributed by atoms with Gasteiger partial charge >= 0.3 is 0 Å². The molecule has 0 spiro atoms. The van der Waals surface area contributed by atoms with Gasteiger partial charge in [-0.2, -0.15) is 4.57 Å². The van der Waals surface area contributed by atoms with Crippen LogP contribution in [0.3, 0.4) is 0 Å². The minimum atomic E-state index is 0.704. The Morgan fingerprint density at radius 3 is 2.07 bits per heavy atom. The number of benzene rings is 5. The van der Waals surface area contributed by atoms with E-state index in [2.05, 4.69) is 116 Å². The lowest BCUT2D eigenvalue weighted by molar-refractivity contribution is -0.633. The molecular weight excluding hydrogens is 526 g/mol.